The van der Waals surface area contributed by atoms with Crippen molar-refractivity contribution in [1.29, 1.82) is 0 Å². The van der Waals surface area contributed by atoms with Gasteiger partial charge in [-0.3, -0.25) is 0 Å². The number of anilines is 1. The maximum absolute atomic E-state index is 4.47. The summed E-state index contributed by atoms with van der Waals surface area (Å²) in [6, 6.07) is 2.63. The van der Waals surface area contributed by atoms with Gasteiger partial charge in [0.2, 0.25) is 0 Å². The highest BCUT2D eigenvalue weighted by Crippen LogP contribution is 2.52. The maximum atomic E-state index is 4.47. The van der Waals surface area contributed by atoms with Crippen LogP contribution in [0.3, 0.4) is 0 Å². The van der Waals surface area contributed by atoms with Crippen LogP contribution in [-0.4, -0.2) is 13.1 Å². The van der Waals surface area contributed by atoms with Crippen molar-refractivity contribution in [2.45, 2.75) is 57.3 Å². The molecule has 0 amide bonds. The molecule has 5 rings (SSSR count). The highest BCUT2D eigenvalue weighted by molar-refractivity contribution is 5.68. The van der Waals surface area contributed by atoms with E-state index >= 15 is 0 Å². The number of allylic oxidation sites excluding steroid dienone is 1. The third kappa shape index (κ3) is 1.64. The van der Waals surface area contributed by atoms with Gasteiger partial charge in [0.25, 0.3) is 0 Å². The Kier molecular flexibility index (Phi) is 2.57. The molecule has 1 heteroatoms. The predicted molar refractivity (Wildman–Crippen MR) is 88.2 cm³/mol. The van der Waals surface area contributed by atoms with Gasteiger partial charge in [0.15, 0.2) is 0 Å². The SMILES string of the molecule is C=C1Cc2c(cc3c4c2CCCN4CCC3)C2CCCC12. The molecule has 4 aliphatic rings. The second-order valence-electron chi connectivity index (χ2n) is 7.60. The molecule has 0 aromatic heterocycles. The van der Waals surface area contributed by atoms with E-state index in [1.54, 1.807) is 27.9 Å². The van der Waals surface area contributed by atoms with Gasteiger partial charge in [-0.15, -0.1) is 0 Å². The Morgan fingerprint density at radius 1 is 0.952 bits per heavy atom. The maximum Gasteiger partial charge on any atom is 0.0434 e. The van der Waals surface area contributed by atoms with Gasteiger partial charge in [-0.25, -0.2) is 0 Å². The van der Waals surface area contributed by atoms with E-state index in [9.17, 15) is 0 Å². The van der Waals surface area contributed by atoms with E-state index in [0.29, 0.717) is 0 Å². The van der Waals surface area contributed by atoms with Crippen LogP contribution in [0.4, 0.5) is 5.69 Å². The third-order valence-electron chi connectivity index (χ3n) is 6.52. The molecular formula is C20H25N. The smallest absolute Gasteiger partial charge is 0.0434 e. The van der Waals surface area contributed by atoms with Gasteiger partial charge < -0.3 is 4.90 Å². The molecule has 110 valence electrons. The Balaban J connectivity index is 1.74. The average molecular weight is 279 g/mol. The Hall–Kier alpha value is -1.24. The average Bonchev–Trinajstić information content (AvgIpc) is 3.00. The topological polar surface area (TPSA) is 3.24 Å². The fourth-order valence-corrected chi connectivity index (χ4v) is 5.67. The minimum absolute atomic E-state index is 0.797. The van der Waals surface area contributed by atoms with Gasteiger partial charge in [-0.05, 0) is 79.0 Å². The van der Waals surface area contributed by atoms with Gasteiger partial charge in [0, 0.05) is 18.8 Å². The van der Waals surface area contributed by atoms with E-state index in [-0.39, 0.29) is 0 Å². The second-order valence-corrected chi connectivity index (χ2v) is 7.60. The van der Waals surface area contributed by atoms with Gasteiger partial charge in [0.1, 0.15) is 0 Å². The summed E-state index contributed by atoms with van der Waals surface area (Å²) in [5.74, 6) is 1.60. The molecule has 1 aromatic rings. The molecule has 2 aliphatic carbocycles. The molecule has 2 unspecified atom stereocenters. The van der Waals surface area contributed by atoms with E-state index in [2.05, 4.69) is 17.5 Å². The lowest BCUT2D eigenvalue weighted by Gasteiger charge is -2.41. The molecule has 1 aromatic carbocycles. The highest BCUT2D eigenvalue weighted by atomic mass is 15.1. The quantitative estimate of drug-likeness (QED) is 0.637. The van der Waals surface area contributed by atoms with Gasteiger partial charge in [-0.1, -0.05) is 24.6 Å². The van der Waals surface area contributed by atoms with E-state index in [0.717, 1.165) is 11.8 Å². The number of benzene rings is 1. The monoisotopic (exact) mass is 279 g/mol. The Morgan fingerprint density at radius 2 is 1.76 bits per heavy atom. The van der Waals surface area contributed by atoms with Crippen molar-refractivity contribution in [1.82, 2.24) is 0 Å². The summed E-state index contributed by atoms with van der Waals surface area (Å²) in [5, 5.41) is 0. The van der Waals surface area contributed by atoms with E-state index in [4.69, 9.17) is 0 Å². The van der Waals surface area contributed by atoms with Crippen LogP contribution in [-0.2, 0) is 19.3 Å². The minimum Gasteiger partial charge on any atom is -0.371 e. The van der Waals surface area contributed by atoms with Crippen molar-refractivity contribution in [3.63, 3.8) is 0 Å². The Bertz CT molecular complexity index is 625. The zero-order valence-corrected chi connectivity index (χ0v) is 13.0. The molecule has 0 bridgehead atoms. The molecular weight excluding hydrogens is 254 g/mol. The first-order chi connectivity index (χ1) is 10.3. The van der Waals surface area contributed by atoms with Crippen LogP contribution in [0.25, 0.3) is 0 Å². The van der Waals surface area contributed by atoms with Crippen LogP contribution in [0.15, 0.2) is 18.2 Å². The predicted octanol–water partition coefficient (Wildman–Crippen LogP) is 4.38. The lowest BCUT2D eigenvalue weighted by molar-refractivity contribution is 0.518. The molecule has 0 N–H and O–H groups in total. The zero-order valence-electron chi connectivity index (χ0n) is 13.0. The van der Waals surface area contributed by atoms with Crippen molar-refractivity contribution in [2.24, 2.45) is 5.92 Å². The molecule has 0 saturated heterocycles. The second kappa shape index (κ2) is 4.38. The standard InChI is InChI=1S/C20H25N/c1-13-11-18-17-8-4-10-21-9-3-5-14(20(17)21)12-19(18)16-7-2-6-15(13)16/h12,15-16H,1-11H2. The molecule has 21 heavy (non-hydrogen) atoms. The molecule has 0 radical (unpaired) electrons. The molecule has 2 heterocycles. The lowest BCUT2D eigenvalue weighted by Crippen LogP contribution is -2.36. The zero-order chi connectivity index (χ0) is 14.0. The van der Waals surface area contributed by atoms with Crippen molar-refractivity contribution in [3.8, 4) is 0 Å². The van der Waals surface area contributed by atoms with Crippen LogP contribution in [0.1, 0.15) is 60.3 Å². The van der Waals surface area contributed by atoms with Crippen LogP contribution < -0.4 is 4.90 Å². The summed E-state index contributed by atoms with van der Waals surface area (Å²) in [4.78, 5) is 2.68. The third-order valence-corrected chi connectivity index (χ3v) is 6.52. The summed E-state index contributed by atoms with van der Waals surface area (Å²) in [6.07, 6.45) is 10.7. The summed E-state index contributed by atoms with van der Waals surface area (Å²) >= 11 is 0. The summed E-state index contributed by atoms with van der Waals surface area (Å²) in [5.41, 5.74) is 10.0. The fraction of sp³-hybridized carbons (Fsp3) is 0.600. The fourth-order valence-electron chi connectivity index (χ4n) is 5.67. The first-order valence-corrected chi connectivity index (χ1v) is 8.93. The van der Waals surface area contributed by atoms with E-state index in [1.807, 2.05) is 0 Å². The van der Waals surface area contributed by atoms with Crippen molar-refractivity contribution >= 4 is 5.69 Å². The number of fused-ring (bicyclic) bond motifs is 4. The molecule has 1 fully saturated rings. The van der Waals surface area contributed by atoms with E-state index < -0.39 is 0 Å². The van der Waals surface area contributed by atoms with Crippen LogP contribution in [0.5, 0.6) is 0 Å². The van der Waals surface area contributed by atoms with Gasteiger partial charge in [-0.2, -0.15) is 0 Å². The van der Waals surface area contributed by atoms with Gasteiger partial charge >= 0.3 is 0 Å². The normalized spacial score (nSPS) is 29.9. The molecule has 1 nitrogen and oxygen atoms in total. The van der Waals surface area contributed by atoms with Crippen molar-refractivity contribution in [2.75, 3.05) is 18.0 Å². The van der Waals surface area contributed by atoms with Crippen molar-refractivity contribution < 1.29 is 0 Å². The Morgan fingerprint density at radius 3 is 2.67 bits per heavy atom. The first-order valence-electron chi connectivity index (χ1n) is 8.93. The van der Waals surface area contributed by atoms with Crippen LogP contribution in [0.2, 0.25) is 0 Å². The van der Waals surface area contributed by atoms with Gasteiger partial charge in [0.05, 0.1) is 0 Å². The molecule has 2 aliphatic heterocycles. The number of hydrogen-bond donors (Lipinski definition) is 0. The molecule has 0 spiro atoms. The van der Waals surface area contributed by atoms with Crippen LogP contribution >= 0.6 is 0 Å². The highest BCUT2D eigenvalue weighted by Gasteiger charge is 2.38. The number of aryl methyl sites for hydroxylation is 1. The largest absolute Gasteiger partial charge is 0.371 e. The first kappa shape index (κ1) is 12.3. The summed E-state index contributed by atoms with van der Waals surface area (Å²) < 4.78 is 0. The molecule has 1 saturated carbocycles. The summed E-state index contributed by atoms with van der Waals surface area (Å²) in [6.45, 7) is 7.03. The molecule has 2 atom stereocenters. The Labute approximate surface area is 128 Å². The lowest BCUT2D eigenvalue weighted by atomic mass is 9.70. The van der Waals surface area contributed by atoms with E-state index in [1.165, 1.54) is 70.0 Å². The van der Waals surface area contributed by atoms with Crippen LogP contribution in [0, 0.1) is 5.92 Å². The summed E-state index contributed by atoms with van der Waals surface area (Å²) in [7, 11) is 0. The minimum atomic E-state index is 0.797. The number of nitrogens with zero attached hydrogens (tertiary/aromatic N) is 1. The van der Waals surface area contributed by atoms with Crippen molar-refractivity contribution in [3.05, 3.63) is 40.5 Å². The number of rotatable bonds is 0. The number of hydrogen-bond acceptors (Lipinski definition) is 1.